The van der Waals surface area contributed by atoms with Gasteiger partial charge in [0.1, 0.15) is 0 Å². The van der Waals surface area contributed by atoms with Crippen LogP contribution < -0.4 is 5.32 Å². The van der Waals surface area contributed by atoms with E-state index >= 15 is 0 Å². The topological polar surface area (TPSA) is 29.1 Å². The lowest BCUT2D eigenvalue weighted by Crippen LogP contribution is -2.27. The lowest BCUT2D eigenvalue weighted by Gasteiger charge is -2.01. The van der Waals surface area contributed by atoms with E-state index < -0.39 is 0 Å². The van der Waals surface area contributed by atoms with Crippen LogP contribution >= 0.6 is 0 Å². The molecule has 0 aromatic rings. The Kier molecular flexibility index (Phi) is 4.56. The smallest absolute Gasteiger partial charge is 0.216 e. The Balaban J connectivity index is 2.98. The van der Waals surface area contributed by atoms with Crippen LogP contribution in [0.2, 0.25) is 0 Å². The van der Waals surface area contributed by atoms with Crippen LogP contribution in [-0.4, -0.2) is 18.9 Å². The molecule has 2 heteroatoms. The minimum Gasteiger partial charge on any atom is -0.307 e. The third-order valence-corrected chi connectivity index (χ3v) is 0.877. The van der Waals surface area contributed by atoms with Gasteiger partial charge < -0.3 is 5.32 Å². The van der Waals surface area contributed by atoms with Gasteiger partial charge in [0.15, 0.2) is 0 Å². The Morgan fingerprint density at radius 3 is 2.75 bits per heavy atom. The maximum absolute atomic E-state index is 9.82. The average molecular weight is 114 g/mol. The summed E-state index contributed by atoms with van der Waals surface area (Å²) in [4.78, 5) is 9.82. The van der Waals surface area contributed by atoms with Gasteiger partial charge in [-0.3, -0.25) is 4.79 Å². The second-order valence-corrected chi connectivity index (χ2v) is 1.79. The van der Waals surface area contributed by atoms with E-state index in [0.717, 1.165) is 13.0 Å². The Morgan fingerprint density at radius 1 is 1.75 bits per heavy atom. The van der Waals surface area contributed by atoms with Gasteiger partial charge in [-0.25, -0.2) is 0 Å². The van der Waals surface area contributed by atoms with E-state index in [4.69, 9.17) is 0 Å². The molecule has 0 spiro atoms. The molecule has 0 aromatic heterocycles. The summed E-state index contributed by atoms with van der Waals surface area (Å²) in [6.07, 6.45) is 2.90. The van der Waals surface area contributed by atoms with Crippen LogP contribution in [0, 0.1) is 0 Å². The van der Waals surface area contributed by atoms with Crippen LogP contribution in [0.3, 0.4) is 0 Å². The number of hydrogen-bond donors (Lipinski definition) is 1. The molecule has 1 atom stereocenters. The van der Waals surface area contributed by atoms with E-state index in [2.05, 4.69) is 12.2 Å². The highest BCUT2D eigenvalue weighted by atomic mass is 16.1. The Morgan fingerprint density at radius 2 is 2.38 bits per heavy atom. The van der Waals surface area contributed by atoms with Crippen LogP contribution in [0.4, 0.5) is 0 Å². The van der Waals surface area contributed by atoms with Gasteiger partial charge in [-0.05, 0) is 19.9 Å². The zero-order chi connectivity index (χ0) is 6.41. The van der Waals surface area contributed by atoms with Crippen LogP contribution in [0.25, 0.3) is 0 Å². The summed E-state index contributed by atoms with van der Waals surface area (Å²) >= 11 is 0. The average Bonchev–Trinajstić information content (AvgIpc) is 1.83. The second kappa shape index (κ2) is 4.78. The van der Waals surface area contributed by atoms with Gasteiger partial charge in [-0.1, -0.05) is 6.92 Å². The molecule has 0 unspecified atom stereocenters. The van der Waals surface area contributed by atoms with Gasteiger partial charge in [-0.2, -0.15) is 0 Å². The fraction of sp³-hybridized carbons (Fsp3) is 0.833. The Hall–Kier alpha value is -0.370. The molecular formula is C6H12NO. The molecule has 0 aliphatic heterocycles. The lowest BCUT2D eigenvalue weighted by atomic mass is 10.3. The fourth-order valence-electron chi connectivity index (χ4n) is 0.403. The minimum atomic E-state index is -0.102. The molecule has 0 aliphatic carbocycles. The molecule has 0 aromatic carbocycles. The number of rotatable bonds is 4. The maximum Gasteiger partial charge on any atom is 0.216 e. The van der Waals surface area contributed by atoms with Crippen molar-refractivity contribution in [1.29, 1.82) is 0 Å². The van der Waals surface area contributed by atoms with Gasteiger partial charge in [0, 0.05) is 0 Å². The quantitative estimate of drug-likeness (QED) is 0.576. The summed E-state index contributed by atoms with van der Waals surface area (Å²) in [6.45, 7) is 4.75. The minimum absolute atomic E-state index is 0.102. The van der Waals surface area contributed by atoms with Crippen LogP contribution in [0.5, 0.6) is 0 Å². The van der Waals surface area contributed by atoms with E-state index in [0.29, 0.717) is 0 Å². The van der Waals surface area contributed by atoms with Crippen molar-refractivity contribution in [3.05, 3.63) is 0 Å². The number of nitrogens with one attached hydrogen (secondary N) is 1. The summed E-state index contributed by atoms with van der Waals surface area (Å²) in [5.74, 6) is 0. The van der Waals surface area contributed by atoms with Gasteiger partial charge >= 0.3 is 0 Å². The zero-order valence-electron chi connectivity index (χ0n) is 5.40. The number of hydrogen-bond acceptors (Lipinski definition) is 2. The summed E-state index contributed by atoms with van der Waals surface area (Å²) in [5.41, 5.74) is 0. The Labute approximate surface area is 50.3 Å². The van der Waals surface area contributed by atoms with Crippen molar-refractivity contribution in [2.24, 2.45) is 0 Å². The molecule has 0 heterocycles. The first kappa shape index (κ1) is 7.63. The molecule has 0 bridgehead atoms. The van der Waals surface area contributed by atoms with Crippen LogP contribution in [0.15, 0.2) is 0 Å². The van der Waals surface area contributed by atoms with Gasteiger partial charge in [0.2, 0.25) is 6.29 Å². The van der Waals surface area contributed by atoms with Crippen LogP contribution in [0.1, 0.15) is 20.3 Å². The van der Waals surface area contributed by atoms with Gasteiger partial charge in [-0.15, -0.1) is 0 Å². The van der Waals surface area contributed by atoms with Crippen LogP contribution in [-0.2, 0) is 4.79 Å². The third-order valence-electron chi connectivity index (χ3n) is 0.877. The van der Waals surface area contributed by atoms with E-state index in [1.54, 1.807) is 6.92 Å². The predicted octanol–water partition coefficient (Wildman–Crippen LogP) is 0.484. The molecule has 0 rings (SSSR count). The van der Waals surface area contributed by atoms with Gasteiger partial charge in [0.25, 0.3) is 0 Å². The highest BCUT2D eigenvalue weighted by molar-refractivity contribution is 5.57. The molecule has 2 nitrogen and oxygen atoms in total. The molecule has 0 amide bonds. The van der Waals surface area contributed by atoms with Crippen molar-refractivity contribution in [1.82, 2.24) is 5.32 Å². The summed E-state index contributed by atoms with van der Waals surface area (Å²) in [5, 5.41) is 2.96. The molecule has 0 saturated carbocycles. The molecule has 8 heavy (non-hydrogen) atoms. The molecule has 47 valence electrons. The standard InChI is InChI=1S/C6H12NO/c1-3-4-7-6(2)5-8/h6-7H,3-4H2,1-2H3/t6-/m0/s1. The molecule has 0 aliphatic rings. The molecule has 0 saturated heterocycles. The van der Waals surface area contributed by atoms with E-state index in [1.165, 1.54) is 0 Å². The van der Waals surface area contributed by atoms with Crippen molar-refractivity contribution in [3.63, 3.8) is 0 Å². The summed E-state index contributed by atoms with van der Waals surface area (Å²) in [6, 6.07) is -0.102. The van der Waals surface area contributed by atoms with Crippen molar-refractivity contribution >= 4 is 6.29 Å². The SMILES string of the molecule is CCCN[C@@H](C)[C]=O. The van der Waals surface area contributed by atoms with E-state index in [9.17, 15) is 4.79 Å². The van der Waals surface area contributed by atoms with Crippen molar-refractivity contribution in [2.45, 2.75) is 26.3 Å². The van der Waals surface area contributed by atoms with Crippen molar-refractivity contribution < 1.29 is 4.79 Å². The van der Waals surface area contributed by atoms with Gasteiger partial charge in [0.05, 0.1) is 6.04 Å². The predicted molar refractivity (Wildman–Crippen MR) is 33.4 cm³/mol. The largest absolute Gasteiger partial charge is 0.307 e. The summed E-state index contributed by atoms with van der Waals surface area (Å²) in [7, 11) is 0. The first-order chi connectivity index (χ1) is 3.81. The maximum atomic E-state index is 9.82. The van der Waals surface area contributed by atoms with E-state index in [1.807, 2.05) is 6.29 Å². The van der Waals surface area contributed by atoms with Crippen molar-refractivity contribution in [3.8, 4) is 0 Å². The molecule has 0 fully saturated rings. The van der Waals surface area contributed by atoms with E-state index in [-0.39, 0.29) is 6.04 Å². The Bertz CT molecular complexity index is 63.5. The normalized spacial score (nSPS) is 13.2. The molecule has 1 N–H and O–H groups in total. The first-order valence-electron chi connectivity index (χ1n) is 2.92. The fourth-order valence-corrected chi connectivity index (χ4v) is 0.403. The van der Waals surface area contributed by atoms with Crippen molar-refractivity contribution in [2.75, 3.05) is 6.54 Å². The number of carbonyl (C=O) groups excluding carboxylic acids is 1. The third kappa shape index (κ3) is 3.81. The summed E-state index contributed by atoms with van der Waals surface area (Å²) < 4.78 is 0. The zero-order valence-corrected chi connectivity index (χ0v) is 5.40. The molecular weight excluding hydrogens is 102 g/mol. The molecule has 1 radical (unpaired) electrons. The first-order valence-corrected chi connectivity index (χ1v) is 2.92. The highest BCUT2D eigenvalue weighted by Crippen LogP contribution is 1.74. The highest BCUT2D eigenvalue weighted by Gasteiger charge is 1.94. The monoisotopic (exact) mass is 114 g/mol. The lowest BCUT2D eigenvalue weighted by molar-refractivity contribution is 0.524. The second-order valence-electron chi connectivity index (χ2n) is 1.79.